The van der Waals surface area contributed by atoms with Crippen molar-refractivity contribution in [3.05, 3.63) is 105 Å². The summed E-state index contributed by atoms with van der Waals surface area (Å²) >= 11 is 0. The molecule has 24 heteroatoms. The van der Waals surface area contributed by atoms with Gasteiger partial charge in [0.2, 0.25) is 41.4 Å². The molecule has 0 spiro atoms. The van der Waals surface area contributed by atoms with Gasteiger partial charge in [-0.2, -0.15) is 0 Å². The zero-order valence-corrected chi connectivity index (χ0v) is 46.4. The van der Waals surface area contributed by atoms with Gasteiger partial charge in [0, 0.05) is 68.5 Å². The maximum absolute atomic E-state index is 15.0. The lowest BCUT2D eigenvalue weighted by molar-refractivity contribution is -0.146. The summed E-state index contributed by atoms with van der Waals surface area (Å²) in [5.74, 6) is -3.71. The van der Waals surface area contributed by atoms with E-state index in [1.807, 2.05) is 42.5 Å². The number of hydrogen-bond donors (Lipinski definition) is 8. The first-order valence-corrected chi connectivity index (χ1v) is 29.3. The molecule has 23 nitrogen and oxygen atoms in total. The number of piperidine rings is 1. The van der Waals surface area contributed by atoms with Gasteiger partial charge in [-0.3, -0.25) is 62.2 Å². The molecule has 9 N–H and O–H groups in total. The number of rotatable bonds is 18. The molecule has 2 aromatic heterocycles. The second-order valence-corrected chi connectivity index (χ2v) is 24.0. The molecular formula is C57H69N10O13P. The zero-order valence-electron chi connectivity index (χ0n) is 45.5. The number of imide groups is 1. The highest BCUT2D eigenvalue weighted by Crippen LogP contribution is 2.40. The topological polar surface area (TPSA) is 335 Å². The fourth-order valence-corrected chi connectivity index (χ4v) is 12.5. The summed E-state index contributed by atoms with van der Waals surface area (Å²) in [6, 6.07) is 13.7. The predicted molar refractivity (Wildman–Crippen MR) is 296 cm³/mol. The summed E-state index contributed by atoms with van der Waals surface area (Å²) in [6.45, 7) is 4.24. The fraction of sp³-hybridized carbons (Fsp3) is 0.474. The van der Waals surface area contributed by atoms with Crippen LogP contribution in [0, 0.1) is 11.8 Å². The number of hydrogen-bond acceptors (Lipinski definition) is 11. The summed E-state index contributed by atoms with van der Waals surface area (Å²) in [4.78, 5) is 159. The first kappa shape index (κ1) is 57.9. The maximum Gasteiger partial charge on any atom is 0.396 e. The van der Waals surface area contributed by atoms with E-state index in [-0.39, 0.29) is 98.2 Å². The lowest BCUT2D eigenvalue weighted by Gasteiger charge is -2.39. The molecule has 8 amide bonds. The minimum Gasteiger partial charge on any atom is -0.370 e. The molecule has 1 saturated carbocycles. The van der Waals surface area contributed by atoms with Crippen molar-refractivity contribution in [1.82, 2.24) is 45.2 Å². The van der Waals surface area contributed by atoms with Gasteiger partial charge < -0.3 is 46.3 Å². The largest absolute Gasteiger partial charge is 0.396 e. The van der Waals surface area contributed by atoms with Crippen LogP contribution in [0.1, 0.15) is 140 Å². The smallest absolute Gasteiger partial charge is 0.370 e. The molecule has 3 aromatic carbocycles. The summed E-state index contributed by atoms with van der Waals surface area (Å²) in [5, 5.41) is 11.0. The van der Waals surface area contributed by atoms with Crippen LogP contribution in [0.4, 0.5) is 0 Å². The van der Waals surface area contributed by atoms with Crippen LogP contribution in [0.15, 0.2) is 71.5 Å². The van der Waals surface area contributed by atoms with E-state index in [9.17, 15) is 57.5 Å². The maximum atomic E-state index is 15.0. The molecule has 4 fully saturated rings. The number of nitrogens with two attached hydrogens (primary N) is 1. The highest BCUT2D eigenvalue weighted by molar-refractivity contribution is 7.70. The van der Waals surface area contributed by atoms with Gasteiger partial charge in [0.05, 0.1) is 11.0 Å². The highest BCUT2D eigenvalue weighted by Gasteiger charge is 2.46. The summed E-state index contributed by atoms with van der Waals surface area (Å²) < 4.78 is 14.7. The number of aromatic amines is 1. The standard InChI is InChI=1S/C57H69N10O13P/c1-31(2)36-11-8-34(9-12-36)29-59-51(71)41(16-20-48(58)68)61-53(73)45-18-14-39-22-23-65(30-43(55(75)66(39)45)62-52(72)42-28-38-27-37(13-15-40(38)60-42)56(76)81(78,79)80)50(70)26-33-6-4-32(5-7-33)24-35-10-17-44-47(25-35)64(3)57(77)67(44)46-19-21-49(69)63-54(46)74/h8-13,15,17,25,27-28,31-33,39,41,43,45-46,60H,4-7,14,16,18-24,26,29-30H2,1-3H3,(H2,58,68)(H,59,71)(H,61,73)(H,62,72)(H,63,69,74)(H2,78,79,80)/t32-,33+,39-,41+,43+,45+,46?/m1/s1. The molecule has 1 aliphatic carbocycles. The summed E-state index contributed by atoms with van der Waals surface area (Å²) in [5.41, 5.74) is 8.02. The number of nitrogens with one attached hydrogen (secondary N) is 5. The van der Waals surface area contributed by atoms with Crippen LogP contribution in [0.2, 0.25) is 0 Å². The Bertz CT molecular complexity index is 3430. The van der Waals surface area contributed by atoms with E-state index in [4.69, 9.17) is 5.73 Å². The molecule has 430 valence electrons. The average molecular weight is 1130 g/mol. The molecule has 3 aliphatic heterocycles. The van der Waals surface area contributed by atoms with E-state index in [0.29, 0.717) is 41.2 Å². The second-order valence-electron chi connectivity index (χ2n) is 22.5. The Balaban J connectivity index is 0.888. The van der Waals surface area contributed by atoms with Crippen molar-refractivity contribution in [2.24, 2.45) is 24.6 Å². The van der Waals surface area contributed by atoms with Crippen LogP contribution in [0.5, 0.6) is 0 Å². The van der Waals surface area contributed by atoms with Crippen molar-refractivity contribution in [3.8, 4) is 0 Å². The quantitative estimate of drug-likeness (QED) is 0.0461. The third-order valence-electron chi connectivity index (χ3n) is 16.6. The van der Waals surface area contributed by atoms with Crippen molar-refractivity contribution in [2.75, 3.05) is 13.1 Å². The lowest BCUT2D eigenvalue weighted by Crippen LogP contribution is -2.62. The normalized spacial score (nSPS) is 22.0. The van der Waals surface area contributed by atoms with Gasteiger partial charge in [-0.05, 0) is 135 Å². The molecule has 3 saturated heterocycles. The van der Waals surface area contributed by atoms with Gasteiger partial charge in [-0.15, -0.1) is 0 Å². The second kappa shape index (κ2) is 24.1. The van der Waals surface area contributed by atoms with Gasteiger partial charge in [0.25, 0.3) is 11.4 Å². The molecule has 5 atom stereocenters. The monoisotopic (exact) mass is 1130 g/mol. The van der Waals surface area contributed by atoms with Crippen LogP contribution in [-0.4, -0.2) is 124 Å². The SMILES string of the molecule is CC(C)c1ccc(CNC(=O)[C@H](CCC(N)=O)NC(=O)[C@@H]2CC[C@@H]3CCN(C(=O)C[C@H]4CC[C@@H](Cc5ccc6c(c5)n(C)c(=O)n6C5CCC(=O)NC5=O)CC4)C[C@H](NC(=O)c4cc5cc(C(=O)P(=O)(O)O)ccc5[nH]4)C(=O)N32)cc1. The Morgan fingerprint density at radius 1 is 0.827 bits per heavy atom. The Morgan fingerprint density at radius 3 is 2.23 bits per heavy atom. The molecule has 4 aliphatic rings. The van der Waals surface area contributed by atoms with E-state index in [1.165, 1.54) is 38.3 Å². The number of carbonyl (C=O) groups is 9. The molecule has 0 radical (unpaired) electrons. The van der Waals surface area contributed by atoms with Gasteiger partial charge >= 0.3 is 13.3 Å². The van der Waals surface area contributed by atoms with Crippen LogP contribution in [0.3, 0.4) is 0 Å². The predicted octanol–water partition coefficient (Wildman–Crippen LogP) is 3.44. The summed E-state index contributed by atoms with van der Waals surface area (Å²) in [6.07, 6.45) is 5.06. The van der Waals surface area contributed by atoms with Crippen LogP contribution >= 0.6 is 7.60 Å². The molecule has 81 heavy (non-hydrogen) atoms. The third-order valence-corrected chi connectivity index (χ3v) is 17.4. The van der Waals surface area contributed by atoms with Crippen molar-refractivity contribution in [1.29, 1.82) is 0 Å². The number of fused-ring (bicyclic) bond motifs is 3. The number of primary amides is 1. The van der Waals surface area contributed by atoms with Crippen LogP contribution in [-0.2, 0) is 58.1 Å². The van der Waals surface area contributed by atoms with E-state index < -0.39 is 78.8 Å². The van der Waals surface area contributed by atoms with E-state index in [2.05, 4.69) is 40.1 Å². The Labute approximate surface area is 466 Å². The van der Waals surface area contributed by atoms with Crippen LogP contribution in [0.25, 0.3) is 21.9 Å². The van der Waals surface area contributed by atoms with E-state index in [1.54, 1.807) is 11.9 Å². The lowest BCUT2D eigenvalue weighted by atomic mass is 9.78. The molecule has 1 unspecified atom stereocenters. The Kier molecular flexibility index (Phi) is 17.3. The van der Waals surface area contributed by atoms with E-state index >= 15 is 4.79 Å². The number of benzene rings is 3. The number of aryl methyl sites for hydroxylation is 1. The fourth-order valence-electron chi connectivity index (χ4n) is 12.0. The molecule has 9 rings (SSSR count). The number of nitrogens with zero attached hydrogens (tertiary/aromatic N) is 4. The minimum atomic E-state index is -5.12. The van der Waals surface area contributed by atoms with Gasteiger partial charge in [-0.1, -0.05) is 44.2 Å². The van der Waals surface area contributed by atoms with E-state index in [0.717, 1.165) is 48.8 Å². The third kappa shape index (κ3) is 13.1. The van der Waals surface area contributed by atoms with Crippen molar-refractivity contribution in [3.63, 3.8) is 0 Å². The average Bonchev–Trinajstić information content (AvgIpc) is 4.17. The van der Waals surface area contributed by atoms with Gasteiger partial charge in [0.15, 0.2) is 0 Å². The Hall–Kier alpha value is -7.75. The number of aromatic nitrogens is 3. The van der Waals surface area contributed by atoms with Gasteiger partial charge in [-0.25, -0.2) is 4.79 Å². The minimum absolute atomic E-state index is 0.0312. The van der Waals surface area contributed by atoms with Crippen molar-refractivity contribution >= 4 is 82.3 Å². The molecule has 5 heterocycles. The number of amides is 8. The summed E-state index contributed by atoms with van der Waals surface area (Å²) in [7, 11) is -3.46. The highest BCUT2D eigenvalue weighted by atomic mass is 31.2. The van der Waals surface area contributed by atoms with Crippen molar-refractivity contribution < 1.29 is 57.5 Å². The van der Waals surface area contributed by atoms with Crippen LogP contribution < -0.4 is 32.7 Å². The van der Waals surface area contributed by atoms with Gasteiger partial charge in [0.1, 0.15) is 29.9 Å². The Morgan fingerprint density at radius 2 is 1.54 bits per heavy atom. The van der Waals surface area contributed by atoms with Crippen molar-refractivity contribution in [2.45, 2.75) is 140 Å². The number of imidazole rings is 1. The molecule has 5 aromatic rings. The molecule has 0 bridgehead atoms. The zero-order chi connectivity index (χ0) is 58.0. The number of carbonyl (C=O) groups excluding carboxylic acids is 9. The first-order valence-electron chi connectivity index (χ1n) is 27.7. The first-order chi connectivity index (χ1) is 38.5. The molecular weight excluding hydrogens is 1060 g/mol. The number of H-pyrrole nitrogens is 1.